The molecule has 0 spiro atoms. The average molecular weight is 237 g/mol. The van der Waals surface area contributed by atoms with Crippen molar-refractivity contribution in [3.05, 3.63) is 12.1 Å². The molecule has 3 N–H and O–H groups in total. The second kappa shape index (κ2) is 5.72. The molecule has 0 saturated carbocycles. The van der Waals surface area contributed by atoms with Crippen molar-refractivity contribution in [1.82, 2.24) is 4.98 Å². The van der Waals surface area contributed by atoms with E-state index in [-0.39, 0.29) is 0 Å². The van der Waals surface area contributed by atoms with Gasteiger partial charge in [-0.3, -0.25) is 0 Å². The Morgan fingerprint density at radius 3 is 3.18 bits per heavy atom. The van der Waals surface area contributed by atoms with Crippen molar-refractivity contribution in [1.29, 1.82) is 0 Å². The second-order valence-corrected chi connectivity index (χ2v) is 4.26. The van der Waals surface area contributed by atoms with Gasteiger partial charge in [0.05, 0.1) is 19.4 Å². The predicted molar refractivity (Wildman–Crippen MR) is 67.2 cm³/mol. The van der Waals surface area contributed by atoms with E-state index in [2.05, 4.69) is 10.3 Å². The first-order chi connectivity index (χ1) is 8.29. The maximum absolute atomic E-state index is 5.85. The number of methoxy groups -OCH3 is 1. The van der Waals surface area contributed by atoms with E-state index in [1.165, 1.54) is 6.42 Å². The van der Waals surface area contributed by atoms with Gasteiger partial charge in [0.1, 0.15) is 0 Å². The number of hydrogen-bond acceptors (Lipinski definition) is 5. The summed E-state index contributed by atoms with van der Waals surface area (Å²) in [4.78, 5) is 4.28. The fourth-order valence-corrected chi connectivity index (χ4v) is 1.92. The van der Waals surface area contributed by atoms with Crippen LogP contribution in [0.5, 0.6) is 5.88 Å². The monoisotopic (exact) mass is 237 g/mol. The van der Waals surface area contributed by atoms with Crippen LogP contribution in [0.1, 0.15) is 12.8 Å². The number of rotatable bonds is 4. The molecule has 1 aliphatic heterocycles. The molecular weight excluding hydrogens is 218 g/mol. The molecule has 2 heterocycles. The molecule has 1 aromatic rings. The van der Waals surface area contributed by atoms with Crippen molar-refractivity contribution < 1.29 is 9.47 Å². The zero-order valence-corrected chi connectivity index (χ0v) is 10.1. The molecule has 5 nitrogen and oxygen atoms in total. The van der Waals surface area contributed by atoms with Gasteiger partial charge in [-0.1, -0.05) is 0 Å². The van der Waals surface area contributed by atoms with Crippen LogP contribution in [0.4, 0.5) is 11.5 Å². The fourth-order valence-electron chi connectivity index (χ4n) is 1.92. The van der Waals surface area contributed by atoms with E-state index in [0.717, 1.165) is 26.2 Å². The van der Waals surface area contributed by atoms with Crippen LogP contribution < -0.4 is 15.8 Å². The Bertz CT molecular complexity index is 365. The number of nitrogens with zero attached hydrogens (tertiary/aromatic N) is 1. The normalized spacial score (nSPS) is 19.9. The number of ether oxygens (including phenoxy) is 2. The van der Waals surface area contributed by atoms with E-state index in [4.69, 9.17) is 15.2 Å². The number of anilines is 2. The Kier molecular flexibility index (Phi) is 4.03. The molecular formula is C12H19N3O2. The third-order valence-corrected chi connectivity index (χ3v) is 2.92. The number of pyridine rings is 1. The molecule has 17 heavy (non-hydrogen) atoms. The highest BCUT2D eigenvalue weighted by atomic mass is 16.5. The number of aromatic nitrogens is 1. The van der Waals surface area contributed by atoms with Crippen LogP contribution in [-0.4, -0.2) is 31.9 Å². The van der Waals surface area contributed by atoms with E-state index >= 15 is 0 Å². The largest absolute Gasteiger partial charge is 0.481 e. The Labute approximate surface area is 101 Å². The molecule has 1 saturated heterocycles. The molecule has 0 aliphatic carbocycles. The van der Waals surface area contributed by atoms with E-state index < -0.39 is 0 Å². The third kappa shape index (κ3) is 3.23. The summed E-state index contributed by atoms with van der Waals surface area (Å²) >= 11 is 0. The van der Waals surface area contributed by atoms with Crippen molar-refractivity contribution in [2.45, 2.75) is 12.8 Å². The Balaban J connectivity index is 1.92. The van der Waals surface area contributed by atoms with Crippen molar-refractivity contribution in [2.75, 3.05) is 37.9 Å². The first kappa shape index (κ1) is 12.0. The van der Waals surface area contributed by atoms with Crippen molar-refractivity contribution in [3.63, 3.8) is 0 Å². The van der Waals surface area contributed by atoms with Gasteiger partial charge in [0.2, 0.25) is 5.88 Å². The third-order valence-electron chi connectivity index (χ3n) is 2.92. The lowest BCUT2D eigenvalue weighted by atomic mass is 10.0. The number of nitrogens with two attached hydrogens (primary N) is 1. The topological polar surface area (TPSA) is 69.4 Å². The highest BCUT2D eigenvalue weighted by Gasteiger charge is 2.14. The Hall–Kier alpha value is -1.49. The maximum atomic E-state index is 5.85. The second-order valence-electron chi connectivity index (χ2n) is 4.26. The van der Waals surface area contributed by atoms with Gasteiger partial charge < -0.3 is 20.5 Å². The van der Waals surface area contributed by atoms with Crippen molar-refractivity contribution in [3.8, 4) is 5.88 Å². The molecule has 2 rings (SSSR count). The van der Waals surface area contributed by atoms with Crippen LogP contribution in [-0.2, 0) is 4.74 Å². The molecule has 1 unspecified atom stereocenters. The molecule has 0 radical (unpaired) electrons. The van der Waals surface area contributed by atoms with Gasteiger partial charge in [0.15, 0.2) is 5.82 Å². The standard InChI is InChI=1S/C12H19N3O2/c1-16-11-5-4-10(13)12(15-11)14-7-9-3-2-6-17-8-9/h4-5,9H,2-3,6-8,13H2,1H3,(H,14,15). The van der Waals surface area contributed by atoms with Crippen LogP contribution in [0.15, 0.2) is 12.1 Å². The summed E-state index contributed by atoms with van der Waals surface area (Å²) in [5.41, 5.74) is 6.49. The number of hydrogen-bond donors (Lipinski definition) is 2. The molecule has 0 aromatic carbocycles. The number of nitrogen functional groups attached to an aromatic ring is 1. The Morgan fingerprint density at radius 1 is 1.59 bits per heavy atom. The lowest BCUT2D eigenvalue weighted by Gasteiger charge is -2.22. The van der Waals surface area contributed by atoms with Gasteiger partial charge in [-0.2, -0.15) is 4.98 Å². The summed E-state index contributed by atoms with van der Waals surface area (Å²) in [5, 5.41) is 3.26. The zero-order chi connectivity index (χ0) is 12.1. The predicted octanol–water partition coefficient (Wildman–Crippen LogP) is 1.51. The fraction of sp³-hybridized carbons (Fsp3) is 0.583. The molecule has 1 atom stereocenters. The molecule has 94 valence electrons. The lowest BCUT2D eigenvalue weighted by Crippen LogP contribution is -2.24. The zero-order valence-electron chi connectivity index (χ0n) is 10.1. The van der Waals surface area contributed by atoms with Crippen LogP contribution in [0.25, 0.3) is 0 Å². The quantitative estimate of drug-likeness (QED) is 0.830. The molecule has 5 heteroatoms. The highest BCUT2D eigenvalue weighted by molar-refractivity contribution is 5.61. The van der Waals surface area contributed by atoms with Gasteiger partial charge >= 0.3 is 0 Å². The lowest BCUT2D eigenvalue weighted by molar-refractivity contribution is 0.0595. The number of nitrogens with one attached hydrogen (secondary N) is 1. The Morgan fingerprint density at radius 2 is 2.47 bits per heavy atom. The van der Waals surface area contributed by atoms with Gasteiger partial charge in [0, 0.05) is 19.2 Å². The summed E-state index contributed by atoms with van der Waals surface area (Å²) in [6.45, 7) is 2.54. The minimum atomic E-state index is 0.538. The van der Waals surface area contributed by atoms with Gasteiger partial charge in [0.25, 0.3) is 0 Å². The molecule has 1 fully saturated rings. The van der Waals surface area contributed by atoms with E-state index in [9.17, 15) is 0 Å². The van der Waals surface area contributed by atoms with E-state index in [0.29, 0.717) is 23.3 Å². The van der Waals surface area contributed by atoms with Gasteiger partial charge in [-0.15, -0.1) is 0 Å². The molecule has 0 amide bonds. The molecule has 1 aliphatic rings. The van der Waals surface area contributed by atoms with Crippen molar-refractivity contribution >= 4 is 11.5 Å². The maximum Gasteiger partial charge on any atom is 0.215 e. The average Bonchev–Trinajstić information content (AvgIpc) is 2.39. The van der Waals surface area contributed by atoms with E-state index in [1.807, 2.05) is 0 Å². The smallest absolute Gasteiger partial charge is 0.215 e. The first-order valence-electron chi connectivity index (χ1n) is 5.91. The first-order valence-corrected chi connectivity index (χ1v) is 5.91. The molecule has 0 bridgehead atoms. The minimum Gasteiger partial charge on any atom is -0.481 e. The van der Waals surface area contributed by atoms with Crippen LogP contribution in [0.2, 0.25) is 0 Å². The summed E-state index contributed by atoms with van der Waals surface area (Å²) in [7, 11) is 1.59. The van der Waals surface area contributed by atoms with Gasteiger partial charge in [-0.25, -0.2) is 0 Å². The summed E-state index contributed by atoms with van der Waals surface area (Å²) in [6, 6.07) is 3.55. The van der Waals surface area contributed by atoms with E-state index in [1.54, 1.807) is 19.2 Å². The van der Waals surface area contributed by atoms with Crippen molar-refractivity contribution in [2.24, 2.45) is 5.92 Å². The summed E-state index contributed by atoms with van der Waals surface area (Å²) in [5.74, 6) is 1.80. The SMILES string of the molecule is COc1ccc(N)c(NCC2CCCOC2)n1. The highest BCUT2D eigenvalue weighted by Crippen LogP contribution is 2.21. The minimum absolute atomic E-state index is 0.538. The van der Waals surface area contributed by atoms with Crippen LogP contribution in [0, 0.1) is 5.92 Å². The van der Waals surface area contributed by atoms with Crippen LogP contribution in [0.3, 0.4) is 0 Å². The summed E-state index contributed by atoms with van der Waals surface area (Å²) < 4.78 is 10.5. The van der Waals surface area contributed by atoms with Gasteiger partial charge in [-0.05, 0) is 24.8 Å². The summed E-state index contributed by atoms with van der Waals surface area (Å²) in [6.07, 6.45) is 2.32. The van der Waals surface area contributed by atoms with Crippen LogP contribution >= 0.6 is 0 Å². The molecule has 1 aromatic heterocycles.